The summed E-state index contributed by atoms with van der Waals surface area (Å²) in [7, 11) is 1.53. The van der Waals surface area contributed by atoms with E-state index in [4.69, 9.17) is 4.74 Å². The second-order valence-electron chi connectivity index (χ2n) is 9.25. The van der Waals surface area contributed by atoms with Gasteiger partial charge in [-0.2, -0.15) is 0 Å². The van der Waals surface area contributed by atoms with Gasteiger partial charge in [0, 0.05) is 11.3 Å². The van der Waals surface area contributed by atoms with Gasteiger partial charge in [-0.1, -0.05) is 45.0 Å². The Morgan fingerprint density at radius 2 is 1.62 bits per heavy atom. The number of hydrogen-bond donors (Lipinski definition) is 1. The fourth-order valence-electron chi connectivity index (χ4n) is 4.11. The van der Waals surface area contributed by atoms with Crippen LogP contribution in [-0.4, -0.2) is 23.9 Å². The molecule has 0 bridgehead atoms. The molecular formula is C28H26FNO4. The van der Waals surface area contributed by atoms with Crippen molar-refractivity contribution in [2.45, 2.75) is 32.2 Å². The smallest absolute Gasteiger partial charge is 0.300 e. The summed E-state index contributed by atoms with van der Waals surface area (Å²) >= 11 is 0. The van der Waals surface area contributed by atoms with Crippen LogP contribution >= 0.6 is 0 Å². The molecule has 0 aromatic heterocycles. The van der Waals surface area contributed by atoms with Crippen molar-refractivity contribution in [1.29, 1.82) is 0 Å². The first-order valence-electron chi connectivity index (χ1n) is 10.9. The van der Waals surface area contributed by atoms with Crippen LogP contribution in [0.1, 0.15) is 43.5 Å². The highest BCUT2D eigenvalue weighted by molar-refractivity contribution is 6.51. The van der Waals surface area contributed by atoms with Gasteiger partial charge >= 0.3 is 0 Å². The predicted octanol–water partition coefficient (Wildman–Crippen LogP) is 5.76. The topological polar surface area (TPSA) is 66.8 Å². The molecule has 0 spiro atoms. The van der Waals surface area contributed by atoms with Gasteiger partial charge in [0.05, 0.1) is 18.7 Å². The number of aliphatic hydroxyl groups is 1. The highest BCUT2D eigenvalue weighted by atomic mass is 19.1. The fraction of sp³-hybridized carbons (Fsp3) is 0.214. The van der Waals surface area contributed by atoms with E-state index in [9.17, 15) is 19.1 Å². The molecule has 1 heterocycles. The maximum atomic E-state index is 13.5. The van der Waals surface area contributed by atoms with E-state index in [0.717, 1.165) is 5.56 Å². The quantitative estimate of drug-likeness (QED) is 0.306. The molecule has 6 heteroatoms. The summed E-state index contributed by atoms with van der Waals surface area (Å²) in [6, 6.07) is 18.7. The number of ether oxygens (including phenoxy) is 1. The van der Waals surface area contributed by atoms with Gasteiger partial charge in [-0.15, -0.1) is 0 Å². The van der Waals surface area contributed by atoms with Crippen LogP contribution in [0.15, 0.2) is 78.4 Å². The Hall–Kier alpha value is -3.93. The normalized spacial score (nSPS) is 17.8. The minimum Gasteiger partial charge on any atom is -0.507 e. The number of benzene rings is 3. The maximum Gasteiger partial charge on any atom is 0.300 e. The molecule has 1 amide bonds. The van der Waals surface area contributed by atoms with E-state index < -0.39 is 23.5 Å². The molecular weight excluding hydrogens is 433 g/mol. The average molecular weight is 460 g/mol. The number of Topliss-reactive ketones (excluding diaryl/α,β-unsaturated/α-hetero) is 1. The first-order valence-corrected chi connectivity index (χ1v) is 10.9. The van der Waals surface area contributed by atoms with Crippen molar-refractivity contribution in [3.05, 3.63) is 101 Å². The third-order valence-electron chi connectivity index (χ3n) is 5.98. The minimum atomic E-state index is -0.888. The Bertz CT molecular complexity index is 1270. The lowest BCUT2D eigenvalue weighted by molar-refractivity contribution is -0.132. The molecule has 174 valence electrons. The highest BCUT2D eigenvalue weighted by Gasteiger charge is 2.47. The van der Waals surface area contributed by atoms with Crippen LogP contribution < -0.4 is 9.64 Å². The molecule has 1 fully saturated rings. The van der Waals surface area contributed by atoms with Gasteiger partial charge in [-0.3, -0.25) is 14.5 Å². The van der Waals surface area contributed by atoms with Gasteiger partial charge < -0.3 is 9.84 Å². The van der Waals surface area contributed by atoms with Gasteiger partial charge in [0.15, 0.2) is 0 Å². The monoisotopic (exact) mass is 459 g/mol. The third-order valence-corrected chi connectivity index (χ3v) is 5.98. The summed E-state index contributed by atoms with van der Waals surface area (Å²) in [6.07, 6.45) is 0. The summed E-state index contributed by atoms with van der Waals surface area (Å²) < 4.78 is 18.8. The summed E-state index contributed by atoms with van der Waals surface area (Å²) in [4.78, 5) is 27.9. The molecule has 34 heavy (non-hydrogen) atoms. The van der Waals surface area contributed by atoms with Crippen molar-refractivity contribution in [3.8, 4) is 5.75 Å². The standard InChI is InChI=1S/C28H26FNO4/c1-28(2,3)19-10-14-21(15-11-19)30-24(18-6-5-7-22(16-18)34-4)23(26(32)27(30)33)25(31)17-8-12-20(29)13-9-17/h5-16,24,31H,1-4H3/b25-23-. The Kier molecular flexibility index (Phi) is 6.00. The predicted molar refractivity (Wildman–Crippen MR) is 129 cm³/mol. The average Bonchev–Trinajstić information content (AvgIpc) is 3.09. The van der Waals surface area contributed by atoms with Crippen LogP contribution in [0, 0.1) is 5.82 Å². The number of methoxy groups -OCH3 is 1. The number of halogens is 1. The molecule has 1 unspecified atom stereocenters. The molecule has 3 aromatic rings. The zero-order chi connectivity index (χ0) is 24.6. The highest BCUT2D eigenvalue weighted by Crippen LogP contribution is 2.43. The van der Waals surface area contributed by atoms with Crippen LogP contribution in [0.2, 0.25) is 0 Å². The molecule has 0 radical (unpaired) electrons. The molecule has 1 aliphatic heterocycles. The van der Waals surface area contributed by atoms with Crippen LogP contribution in [0.5, 0.6) is 5.75 Å². The summed E-state index contributed by atoms with van der Waals surface area (Å²) in [5, 5.41) is 11.1. The van der Waals surface area contributed by atoms with Crippen molar-refractivity contribution in [2.75, 3.05) is 12.0 Å². The number of aliphatic hydroxyl groups excluding tert-OH is 1. The Labute approximate surface area is 198 Å². The lowest BCUT2D eigenvalue weighted by atomic mass is 9.87. The second kappa shape index (κ2) is 8.78. The number of ketones is 1. The molecule has 3 aromatic carbocycles. The molecule has 5 nitrogen and oxygen atoms in total. The lowest BCUT2D eigenvalue weighted by Crippen LogP contribution is -2.29. The summed E-state index contributed by atoms with van der Waals surface area (Å²) in [5.74, 6) is -1.84. The van der Waals surface area contributed by atoms with E-state index in [2.05, 4.69) is 20.8 Å². The zero-order valence-corrected chi connectivity index (χ0v) is 19.5. The number of carbonyl (C=O) groups is 2. The Morgan fingerprint density at radius 1 is 0.971 bits per heavy atom. The van der Waals surface area contributed by atoms with Gasteiger partial charge in [0.1, 0.15) is 17.3 Å². The van der Waals surface area contributed by atoms with Crippen LogP contribution in [0.3, 0.4) is 0 Å². The fourth-order valence-corrected chi connectivity index (χ4v) is 4.11. The van der Waals surface area contributed by atoms with Gasteiger partial charge in [0.25, 0.3) is 11.7 Å². The van der Waals surface area contributed by atoms with E-state index in [1.54, 1.807) is 36.4 Å². The molecule has 0 aliphatic carbocycles. The largest absolute Gasteiger partial charge is 0.507 e. The number of rotatable bonds is 4. The van der Waals surface area contributed by atoms with Crippen molar-refractivity contribution >= 4 is 23.1 Å². The maximum absolute atomic E-state index is 13.5. The van der Waals surface area contributed by atoms with Gasteiger partial charge in [-0.25, -0.2) is 4.39 Å². The lowest BCUT2D eigenvalue weighted by Gasteiger charge is -2.27. The zero-order valence-electron chi connectivity index (χ0n) is 19.5. The number of nitrogens with zero attached hydrogens (tertiary/aromatic N) is 1. The first-order chi connectivity index (χ1) is 16.1. The summed E-state index contributed by atoms with van der Waals surface area (Å²) in [6.45, 7) is 6.27. The second-order valence-corrected chi connectivity index (χ2v) is 9.25. The van der Waals surface area contributed by atoms with E-state index in [0.29, 0.717) is 17.0 Å². The van der Waals surface area contributed by atoms with Crippen molar-refractivity contribution < 1.29 is 23.8 Å². The van der Waals surface area contributed by atoms with E-state index in [1.807, 2.05) is 12.1 Å². The molecule has 1 N–H and O–H groups in total. The van der Waals surface area contributed by atoms with Crippen molar-refractivity contribution in [1.82, 2.24) is 0 Å². The molecule has 1 atom stereocenters. The van der Waals surface area contributed by atoms with E-state index >= 15 is 0 Å². The number of hydrogen-bond acceptors (Lipinski definition) is 4. The number of carbonyl (C=O) groups excluding carboxylic acids is 2. The van der Waals surface area contributed by atoms with Crippen molar-refractivity contribution in [2.24, 2.45) is 0 Å². The summed E-state index contributed by atoms with van der Waals surface area (Å²) in [5.41, 5.74) is 2.31. The van der Waals surface area contributed by atoms with Gasteiger partial charge in [-0.05, 0) is 65.1 Å². The van der Waals surface area contributed by atoms with E-state index in [-0.39, 0.29) is 22.3 Å². The minimum absolute atomic E-state index is 0.0650. The molecule has 4 rings (SSSR count). The molecule has 1 saturated heterocycles. The Morgan fingerprint density at radius 3 is 2.21 bits per heavy atom. The van der Waals surface area contributed by atoms with Crippen molar-refractivity contribution in [3.63, 3.8) is 0 Å². The van der Waals surface area contributed by atoms with E-state index in [1.165, 1.54) is 36.3 Å². The van der Waals surface area contributed by atoms with Crippen LogP contribution in [0.25, 0.3) is 5.76 Å². The Balaban J connectivity index is 1.91. The molecule has 0 saturated carbocycles. The molecule has 1 aliphatic rings. The van der Waals surface area contributed by atoms with Gasteiger partial charge in [0.2, 0.25) is 0 Å². The third kappa shape index (κ3) is 4.19. The first kappa shape index (κ1) is 23.2. The SMILES string of the molecule is COc1cccc(C2/C(=C(/O)c3ccc(F)cc3)C(=O)C(=O)N2c2ccc(C(C)(C)C)cc2)c1. The number of amides is 1. The van der Waals surface area contributed by atoms with Crippen LogP contribution in [-0.2, 0) is 15.0 Å². The number of anilines is 1. The van der Waals surface area contributed by atoms with Crippen LogP contribution in [0.4, 0.5) is 10.1 Å².